The van der Waals surface area contributed by atoms with Crippen molar-refractivity contribution in [1.82, 2.24) is 9.88 Å². The second kappa shape index (κ2) is 6.20. The summed E-state index contributed by atoms with van der Waals surface area (Å²) in [6, 6.07) is 12.4. The molecular formula is C18H18N4O2. The summed E-state index contributed by atoms with van der Waals surface area (Å²) in [5.74, 6) is -0.486. The van der Waals surface area contributed by atoms with Crippen molar-refractivity contribution in [3.8, 4) is 6.07 Å². The molecule has 2 amide bonds. The van der Waals surface area contributed by atoms with Gasteiger partial charge in [-0.2, -0.15) is 5.26 Å². The van der Waals surface area contributed by atoms with Crippen molar-refractivity contribution in [2.45, 2.75) is 18.9 Å². The topological polar surface area (TPSA) is 78.1 Å². The molecule has 6 nitrogen and oxygen atoms in total. The number of carbonyl (C=O) groups is 2. The van der Waals surface area contributed by atoms with Gasteiger partial charge in [0.15, 0.2) is 0 Å². The van der Waals surface area contributed by atoms with Gasteiger partial charge in [0.05, 0.1) is 0 Å². The fourth-order valence-corrected chi connectivity index (χ4v) is 3.04. The molecule has 0 unspecified atom stereocenters. The number of nitrogens with one attached hydrogen (secondary N) is 1. The molecule has 6 heteroatoms. The van der Waals surface area contributed by atoms with Crippen LogP contribution in [0.2, 0.25) is 0 Å². The first-order valence-electron chi connectivity index (χ1n) is 7.75. The molecule has 1 aliphatic rings. The summed E-state index contributed by atoms with van der Waals surface area (Å²) in [6.45, 7) is 0. The molecular weight excluding hydrogens is 304 g/mol. The van der Waals surface area contributed by atoms with E-state index in [9.17, 15) is 9.59 Å². The van der Waals surface area contributed by atoms with E-state index in [1.165, 1.54) is 4.57 Å². The number of hydrogen-bond donors (Lipinski definition) is 1. The number of carbonyl (C=O) groups excluding carboxylic acids is 2. The SMILES string of the molecule is CN1C(=O)[C@@H](NC(=O)c2ccc(C#N)n2C)CCc2ccccc21. The molecule has 0 aliphatic carbocycles. The zero-order chi connectivity index (χ0) is 17.3. The Morgan fingerprint density at radius 2 is 2.00 bits per heavy atom. The number of amides is 2. The van der Waals surface area contributed by atoms with Crippen LogP contribution in [0, 0.1) is 11.3 Å². The molecule has 1 aromatic heterocycles. The van der Waals surface area contributed by atoms with E-state index in [0.717, 1.165) is 11.3 Å². The van der Waals surface area contributed by atoms with E-state index < -0.39 is 6.04 Å². The van der Waals surface area contributed by atoms with E-state index in [1.807, 2.05) is 30.3 Å². The minimum absolute atomic E-state index is 0.136. The number of hydrogen-bond acceptors (Lipinski definition) is 3. The Balaban J connectivity index is 1.81. The summed E-state index contributed by atoms with van der Waals surface area (Å²) in [7, 11) is 3.38. The Morgan fingerprint density at radius 3 is 2.71 bits per heavy atom. The van der Waals surface area contributed by atoms with Crippen LogP contribution in [-0.4, -0.2) is 29.5 Å². The molecule has 1 atom stereocenters. The first kappa shape index (κ1) is 15.8. The van der Waals surface area contributed by atoms with Crippen LogP contribution in [0.15, 0.2) is 36.4 Å². The van der Waals surface area contributed by atoms with Gasteiger partial charge < -0.3 is 14.8 Å². The number of para-hydroxylation sites is 1. The summed E-state index contributed by atoms with van der Waals surface area (Å²) in [6.07, 6.45) is 1.26. The van der Waals surface area contributed by atoms with Crippen molar-refractivity contribution in [2.24, 2.45) is 7.05 Å². The second-order valence-electron chi connectivity index (χ2n) is 5.87. The number of likely N-dealkylation sites (N-methyl/N-ethyl adjacent to an activating group) is 1. The lowest BCUT2D eigenvalue weighted by molar-refractivity contribution is -0.120. The van der Waals surface area contributed by atoms with Gasteiger partial charge >= 0.3 is 0 Å². The number of fused-ring (bicyclic) bond motifs is 1. The van der Waals surface area contributed by atoms with E-state index >= 15 is 0 Å². The number of rotatable bonds is 2. The summed E-state index contributed by atoms with van der Waals surface area (Å²) in [5, 5.41) is 11.8. The molecule has 3 rings (SSSR count). The summed E-state index contributed by atoms with van der Waals surface area (Å²) < 4.78 is 1.52. The van der Waals surface area contributed by atoms with E-state index in [4.69, 9.17) is 5.26 Å². The van der Waals surface area contributed by atoms with Crippen molar-refractivity contribution < 1.29 is 9.59 Å². The first-order chi connectivity index (χ1) is 11.5. The normalized spacial score (nSPS) is 17.0. The molecule has 0 bridgehead atoms. The summed E-state index contributed by atoms with van der Waals surface area (Å²) in [4.78, 5) is 26.8. The lowest BCUT2D eigenvalue weighted by Gasteiger charge is -2.22. The molecule has 0 saturated carbocycles. The van der Waals surface area contributed by atoms with Crippen molar-refractivity contribution in [2.75, 3.05) is 11.9 Å². The van der Waals surface area contributed by atoms with Crippen LogP contribution in [-0.2, 0) is 18.3 Å². The Labute approximate surface area is 140 Å². The predicted molar refractivity (Wildman–Crippen MR) is 89.6 cm³/mol. The first-order valence-corrected chi connectivity index (χ1v) is 7.75. The zero-order valence-electron chi connectivity index (χ0n) is 13.6. The Hall–Kier alpha value is -3.07. The van der Waals surface area contributed by atoms with Crippen molar-refractivity contribution >= 4 is 17.5 Å². The molecule has 0 spiro atoms. The minimum atomic E-state index is -0.588. The highest BCUT2D eigenvalue weighted by molar-refractivity contribution is 6.02. The number of benzene rings is 1. The number of nitriles is 1. The van der Waals surface area contributed by atoms with Crippen LogP contribution >= 0.6 is 0 Å². The smallest absolute Gasteiger partial charge is 0.268 e. The molecule has 1 aromatic carbocycles. The van der Waals surface area contributed by atoms with Gasteiger partial charge in [-0.25, -0.2) is 0 Å². The summed E-state index contributed by atoms with van der Waals surface area (Å²) >= 11 is 0. The molecule has 24 heavy (non-hydrogen) atoms. The number of aryl methyl sites for hydroxylation is 1. The molecule has 0 saturated heterocycles. The van der Waals surface area contributed by atoms with Gasteiger partial charge in [-0.15, -0.1) is 0 Å². The van der Waals surface area contributed by atoms with Gasteiger partial charge in [0, 0.05) is 19.8 Å². The van der Waals surface area contributed by atoms with Crippen molar-refractivity contribution in [3.05, 3.63) is 53.3 Å². The van der Waals surface area contributed by atoms with E-state index in [0.29, 0.717) is 24.2 Å². The highest BCUT2D eigenvalue weighted by atomic mass is 16.2. The number of anilines is 1. The number of aromatic nitrogens is 1. The van der Waals surface area contributed by atoms with Gasteiger partial charge in [-0.05, 0) is 36.6 Å². The maximum absolute atomic E-state index is 12.7. The maximum Gasteiger partial charge on any atom is 0.268 e. The molecule has 2 aromatic rings. The molecule has 0 radical (unpaired) electrons. The molecule has 0 fully saturated rings. The van der Waals surface area contributed by atoms with Crippen molar-refractivity contribution in [3.63, 3.8) is 0 Å². The fraction of sp³-hybridized carbons (Fsp3) is 0.278. The minimum Gasteiger partial charge on any atom is -0.339 e. The zero-order valence-corrected chi connectivity index (χ0v) is 13.6. The van der Waals surface area contributed by atoms with Crippen LogP contribution < -0.4 is 10.2 Å². The Morgan fingerprint density at radius 1 is 1.25 bits per heavy atom. The average Bonchev–Trinajstić information content (AvgIpc) is 2.93. The predicted octanol–water partition coefficient (Wildman–Crippen LogP) is 1.60. The summed E-state index contributed by atoms with van der Waals surface area (Å²) in [5.41, 5.74) is 2.74. The largest absolute Gasteiger partial charge is 0.339 e. The highest BCUT2D eigenvalue weighted by Gasteiger charge is 2.29. The molecule has 122 valence electrons. The molecule has 1 N–H and O–H groups in total. The Kier molecular flexibility index (Phi) is 4.09. The third kappa shape index (κ3) is 2.65. The lowest BCUT2D eigenvalue weighted by Crippen LogP contribution is -2.47. The maximum atomic E-state index is 12.7. The van der Waals surface area contributed by atoms with Gasteiger partial charge in [0.1, 0.15) is 23.5 Å². The molecule has 1 aliphatic heterocycles. The van der Waals surface area contributed by atoms with Crippen LogP contribution in [0.5, 0.6) is 0 Å². The average molecular weight is 322 g/mol. The van der Waals surface area contributed by atoms with Crippen LogP contribution in [0.4, 0.5) is 5.69 Å². The van der Waals surface area contributed by atoms with Gasteiger partial charge in [0.2, 0.25) is 5.91 Å². The fourth-order valence-electron chi connectivity index (χ4n) is 3.04. The quantitative estimate of drug-likeness (QED) is 0.912. The number of nitrogens with zero attached hydrogens (tertiary/aromatic N) is 3. The second-order valence-corrected chi connectivity index (χ2v) is 5.87. The highest BCUT2D eigenvalue weighted by Crippen LogP contribution is 2.25. The van der Waals surface area contributed by atoms with Crippen LogP contribution in [0.3, 0.4) is 0 Å². The van der Waals surface area contributed by atoms with Gasteiger partial charge in [-0.1, -0.05) is 18.2 Å². The third-order valence-electron chi connectivity index (χ3n) is 4.46. The van der Waals surface area contributed by atoms with E-state index in [-0.39, 0.29) is 11.8 Å². The Bertz CT molecular complexity index is 847. The lowest BCUT2D eigenvalue weighted by atomic mass is 10.1. The van der Waals surface area contributed by atoms with Gasteiger partial charge in [0.25, 0.3) is 5.91 Å². The standard InChI is InChI=1S/C18H18N4O2/c1-21-13(11-19)8-10-16(21)17(23)20-14-9-7-12-5-3-4-6-15(12)22(2)18(14)24/h3-6,8,10,14H,7,9H2,1-2H3,(H,20,23)/t14-/m0/s1. The van der Waals surface area contributed by atoms with Crippen LogP contribution in [0.25, 0.3) is 0 Å². The van der Waals surface area contributed by atoms with E-state index in [2.05, 4.69) is 5.32 Å². The monoisotopic (exact) mass is 322 g/mol. The van der Waals surface area contributed by atoms with E-state index in [1.54, 1.807) is 31.1 Å². The van der Waals surface area contributed by atoms with Crippen LogP contribution in [0.1, 0.15) is 28.2 Å². The third-order valence-corrected chi connectivity index (χ3v) is 4.46. The molecule has 2 heterocycles. The van der Waals surface area contributed by atoms with Crippen molar-refractivity contribution in [1.29, 1.82) is 5.26 Å². The van der Waals surface area contributed by atoms with Gasteiger partial charge in [-0.3, -0.25) is 9.59 Å².